The molecular formula is C13H17N5O2S. The summed E-state index contributed by atoms with van der Waals surface area (Å²) in [5.74, 6) is 0. The summed E-state index contributed by atoms with van der Waals surface area (Å²) in [6, 6.07) is 5.46. The van der Waals surface area contributed by atoms with Gasteiger partial charge in [0.25, 0.3) is 0 Å². The van der Waals surface area contributed by atoms with E-state index in [-0.39, 0.29) is 11.3 Å². The Labute approximate surface area is 125 Å². The zero-order valence-electron chi connectivity index (χ0n) is 11.8. The third-order valence-corrected chi connectivity index (χ3v) is 4.44. The molecule has 0 saturated heterocycles. The van der Waals surface area contributed by atoms with Crippen LogP contribution >= 0.6 is 11.8 Å². The minimum absolute atomic E-state index is 0.145. The van der Waals surface area contributed by atoms with Gasteiger partial charge < -0.3 is 5.73 Å². The summed E-state index contributed by atoms with van der Waals surface area (Å²) in [7, 11) is 1.63. The van der Waals surface area contributed by atoms with Crippen molar-refractivity contribution >= 4 is 11.8 Å². The van der Waals surface area contributed by atoms with Gasteiger partial charge in [0.15, 0.2) is 5.16 Å². The third kappa shape index (κ3) is 3.59. The number of pyridine rings is 1. The van der Waals surface area contributed by atoms with Gasteiger partial charge in [-0.15, -0.1) is 0 Å². The highest BCUT2D eigenvalue weighted by molar-refractivity contribution is 7.99. The molecule has 0 amide bonds. The average molecular weight is 307 g/mol. The summed E-state index contributed by atoms with van der Waals surface area (Å²) < 4.78 is 1.42. The van der Waals surface area contributed by atoms with E-state index in [1.165, 1.54) is 16.4 Å². The molecule has 112 valence electrons. The summed E-state index contributed by atoms with van der Waals surface area (Å²) in [4.78, 5) is 30.8. The van der Waals surface area contributed by atoms with Crippen LogP contribution in [0, 0.1) is 0 Å². The van der Waals surface area contributed by atoms with Crippen LogP contribution in [0.3, 0.4) is 0 Å². The van der Waals surface area contributed by atoms with Gasteiger partial charge in [-0.2, -0.15) is 4.98 Å². The monoisotopic (exact) mass is 307 g/mol. The van der Waals surface area contributed by atoms with Crippen LogP contribution in [0.4, 0.5) is 0 Å². The standard InChI is InChI=1S/C13H17N5O2S/c1-3-8(14)10(9-6-4-5-7-15-9)21-13-16-11(19)12(20)17-18(13)2/h4-8,10H,3,14H2,1-2H3,(H,17,20). The molecule has 0 saturated carbocycles. The molecular weight excluding hydrogens is 290 g/mol. The van der Waals surface area contributed by atoms with E-state index in [0.717, 1.165) is 12.1 Å². The lowest BCUT2D eigenvalue weighted by atomic mass is 10.1. The maximum atomic E-state index is 11.4. The Bertz CT molecular complexity index is 712. The average Bonchev–Trinajstić information content (AvgIpc) is 2.49. The summed E-state index contributed by atoms with van der Waals surface area (Å²) >= 11 is 1.32. The van der Waals surface area contributed by atoms with Crippen molar-refractivity contribution in [3.63, 3.8) is 0 Å². The lowest BCUT2D eigenvalue weighted by Gasteiger charge is -2.22. The molecule has 0 aliphatic heterocycles. The second-order valence-corrected chi connectivity index (χ2v) is 5.67. The maximum absolute atomic E-state index is 11.4. The highest BCUT2D eigenvalue weighted by atomic mass is 32.2. The molecule has 3 N–H and O–H groups in total. The fourth-order valence-corrected chi connectivity index (χ4v) is 3.00. The highest BCUT2D eigenvalue weighted by Gasteiger charge is 2.23. The second kappa shape index (κ2) is 6.68. The Hall–Kier alpha value is -1.93. The molecule has 0 aromatic carbocycles. The molecule has 2 rings (SSSR count). The number of aromatic nitrogens is 4. The Morgan fingerprint density at radius 2 is 2.19 bits per heavy atom. The molecule has 0 aliphatic carbocycles. The predicted molar refractivity (Wildman–Crippen MR) is 81.2 cm³/mol. The van der Waals surface area contributed by atoms with E-state index in [0.29, 0.717) is 5.16 Å². The number of aromatic amines is 1. The Kier molecular flexibility index (Phi) is 4.92. The molecule has 2 unspecified atom stereocenters. The number of aryl methyl sites for hydroxylation is 1. The number of nitrogens with two attached hydrogens (primary N) is 1. The van der Waals surface area contributed by atoms with Crippen LogP contribution in [0.5, 0.6) is 0 Å². The Morgan fingerprint density at radius 1 is 1.43 bits per heavy atom. The minimum atomic E-state index is -0.805. The predicted octanol–water partition coefficient (Wildman–Crippen LogP) is 0.434. The molecule has 0 fully saturated rings. The molecule has 2 aromatic heterocycles. The number of H-pyrrole nitrogens is 1. The van der Waals surface area contributed by atoms with Crippen LogP contribution in [0.15, 0.2) is 39.1 Å². The van der Waals surface area contributed by atoms with E-state index in [1.807, 2.05) is 25.1 Å². The van der Waals surface area contributed by atoms with Gasteiger partial charge in [-0.1, -0.05) is 24.8 Å². The molecule has 2 heterocycles. The van der Waals surface area contributed by atoms with Crippen molar-refractivity contribution in [2.24, 2.45) is 12.8 Å². The van der Waals surface area contributed by atoms with Crippen LogP contribution < -0.4 is 16.9 Å². The smallest absolute Gasteiger partial charge is 0.326 e. The van der Waals surface area contributed by atoms with Gasteiger partial charge in [-0.25, -0.2) is 0 Å². The summed E-state index contributed by atoms with van der Waals surface area (Å²) in [6.45, 7) is 1.99. The van der Waals surface area contributed by atoms with Gasteiger partial charge in [-0.3, -0.25) is 24.4 Å². The first-order valence-corrected chi connectivity index (χ1v) is 7.41. The number of rotatable bonds is 5. The molecule has 2 aromatic rings. The van der Waals surface area contributed by atoms with Crippen molar-refractivity contribution in [1.82, 2.24) is 19.7 Å². The van der Waals surface area contributed by atoms with Crippen molar-refractivity contribution in [1.29, 1.82) is 0 Å². The van der Waals surface area contributed by atoms with Crippen LogP contribution in [0.1, 0.15) is 24.3 Å². The largest absolute Gasteiger partial charge is 0.339 e. The second-order valence-electron chi connectivity index (χ2n) is 4.56. The van der Waals surface area contributed by atoms with Crippen molar-refractivity contribution in [3.8, 4) is 0 Å². The van der Waals surface area contributed by atoms with Crippen molar-refractivity contribution < 1.29 is 0 Å². The number of hydrogen-bond acceptors (Lipinski definition) is 6. The number of nitrogens with zero attached hydrogens (tertiary/aromatic N) is 3. The van der Waals surface area contributed by atoms with E-state index in [9.17, 15) is 9.59 Å². The van der Waals surface area contributed by atoms with Gasteiger partial charge in [0.05, 0.1) is 10.9 Å². The van der Waals surface area contributed by atoms with Gasteiger partial charge in [0, 0.05) is 19.3 Å². The van der Waals surface area contributed by atoms with E-state index in [2.05, 4.69) is 15.1 Å². The maximum Gasteiger partial charge on any atom is 0.339 e. The van der Waals surface area contributed by atoms with Crippen LogP contribution in [-0.2, 0) is 7.05 Å². The molecule has 0 radical (unpaired) electrons. The first kappa shape index (κ1) is 15.5. The molecule has 0 spiro atoms. The minimum Gasteiger partial charge on any atom is -0.326 e. The highest BCUT2D eigenvalue weighted by Crippen LogP contribution is 2.35. The van der Waals surface area contributed by atoms with Gasteiger partial charge in [-0.05, 0) is 18.6 Å². The van der Waals surface area contributed by atoms with Gasteiger partial charge in [0.2, 0.25) is 0 Å². The number of hydrogen-bond donors (Lipinski definition) is 2. The lowest BCUT2D eigenvalue weighted by molar-refractivity contribution is 0.583. The normalized spacial score (nSPS) is 13.9. The van der Waals surface area contributed by atoms with E-state index in [4.69, 9.17) is 5.73 Å². The first-order chi connectivity index (χ1) is 10.0. The molecule has 7 nitrogen and oxygen atoms in total. The van der Waals surface area contributed by atoms with Crippen LogP contribution in [0.2, 0.25) is 0 Å². The molecule has 21 heavy (non-hydrogen) atoms. The fourth-order valence-electron chi connectivity index (χ4n) is 1.81. The van der Waals surface area contributed by atoms with Crippen molar-refractivity contribution in [3.05, 3.63) is 50.8 Å². The fraction of sp³-hybridized carbons (Fsp3) is 0.385. The van der Waals surface area contributed by atoms with Crippen LogP contribution in [-0.4, -0.2) is 25.8 Å². The van der Waals surface area contributed by atoms with E-state index in [1.54, 1.807) is 13.2 Å². The first-order valence-electron chi connectivity index (χ1n) is 6.53. The quantitative estimate of drug-likeness (QED) is 0.613. The lowest BCUT2D eigenvalue weighted by Crippen LogP contribution is -2.34. The van der Waals surface area contributed by atoms with Crippen LogP contribution in [0.25, 0.3) is 0 Å². The summed E-state index contributed by atoms with van der Waals surface area (Å²) in [6.07, 6.45) is 2.45. The summed E-state index contributed by atoms with van der Waals surface area (Å²) in [5, 5.41) is 2.67. The topological polar surface area (TPSA) is 107 Å². The van der Waals surface area contributed by atoms with Crippen molar-refractivity contribution in [2.45, 2.75) is 29.8 Å². The zero-order valence-corrected chi connectivity index (χ0v) is 12.6. The third-order valence-electron chi connectivity index (χ3n) is 3.02. The Balaban J connectivity index is 2.38. The van der Waals surface area contributed by atoms with E-state index >= 15 is 0 Å². The van der Waals surface area contributed by atoms with Crippen molar-refractivity contribution in [2.75, 3.05) is 0 Å². The summed E-state index contributed by atoms with van der Waals surface area (Å²) in [5.41, 5.74) is 5.44. The van der Waals surface area contributed by atoms with Gasteiger partial charge >= 0.3 is 11.1 Å². The number of nitrogens with one attached hydrogen (secondary N) is 1. The zero-order chi connectivity index (χ0) is 15.4. The van der Waals surface area contributed by atoms with E-state index < -0.39 is 11.1 Å². The Morgan fingerprint density at radius 3 is 2.81 bits per heavy atom. The molecule has 0 aliphatic rings. The van der Waals surface area contributed by atoms with Gasteiger partial charge in [0.1, 0.15) is 0 Å². The number of thioether (sulfide) groups is 1. The molecule has 2 atom stereocenters. The molecule has 8 heteroatoms. The SMILES string of the molecule is CCC(N)C(Sc1nc(=O)c(=O)[nH]n1C)c1ccccn1. The molecule has 0 bridgehead atoms.